The van der Waals surface area contributed by atoms with Crippen molar-refractivity contribution >= 4 is 11.9 Å². The first-order chi connectivity index (χ1) is 8.01. The van der Waals surface area contributed by atoms with Crippen molar-refractivity contribution in [2.75, 3.05) is 40.4 Å². The molecular weight excluding hydrogens is 224 g/mol. The van der Waals surface area contributed by atoms with Crippen molar-refractivity contribution in [3.63, 3.8) is 0 Å². The fourth-order valence-electron chi connectivity index (χ4n) is 1.41. The maximum absolute atomic E-state index is 11.3. The summed E-state index contributed by atoms with van der Waals surface area (Å²) in [6, 6.07) is 0. The number of carbonyl (C=O) groups is 2. The van der Waals surface area contributed by atoms with Crippen molar-refractivity contribution in [3.05, 3.63) is 0 Å². The van der Waals surface area contributed by atoms with Crippen LogP contribution in [0.15, 0.2) is 0 Å². The lowest BCUT2D eigenvalue weighted by atomic mass is 10.1. The van der Waals surface area contributed by atoms with E-state index >= 15 is 0 Å². The summed E-state index contributed by atoms with van der Waals surface area (Å²) in [5.74, 6) is -1.44. The Labute approximate surface area is 102 Å². The Kier molecular flexibility index (Phi) is 8.35. The van der Waals surface area contributed by atoms with Crippen LogP contribution in [0.2, 0.25) is 0 Å². The van der Waals surface area contributed by atoms with Gasteiger partial charge in [0.05, 0.1) is 12.5 Å². The summed E-state index contributed by atoms with van der Waals surface area (Å²) in [5.41, 5.74) is 0. The van der Waals surface area contributed by atoms with Crippen molar-refractivity contribution < 1.29 is 19.4 Å². The molecule has 0 bridgehead atoms. The molecule has 17 heavy (non-hydrogen) atoms. The van der Waals surface area contributed by atoms with Crippen LogP contribution < -0.4 is 5.32 Å². The maximum Gasteiger partial charge on any atom is 0.307 e. The molecule has 6 nitrogen and oxygen atoms in total. The van der Waals surface area contributed by atoms with Crippen LogP contribution in [0.25, 0.3) is 0 Å². The van der Waals surface area contributed by atoms with Crippen LogP contribution in [0, 0.1) is 5.92 Å². The average Bonchev–Trinajstić information content (AvgIpc) is 2.28. The summed E-state index contributed by atoms with van der Waals surface area (Å²) in [6.07, 6.45) is 0.778. The van der Waals surface area contributed by atoms with Crippen LogP contribution in [0.4, 0.5) is 0 Å². The normalized spacial score (nSPS) is 12.5. The third-order valence-electron chi connectivity index (χ3n) is 2.42. The van der Waals surface area contributed by atoms with Crippen LogP contribution in [0.5, 0.6) is 0 Å². The van der Waals surface area contributed by atoms with Crippen LogP contribution >= 0.6 is 0 Å². The standard InChI is InChI=1S/C11H22N2O4/c1-9(11(15)16)7-13(5-4-6-17-3)8-10(14)12-2/h9H,4-8H2,1-3H3,(H,12,14)(H,15,16). The second-order valence-electron chi connectivity index (χ2n) is 3.99. The van der Waals surface area contributed by atoms with E-state index in [4.69, 9.17) is 9.84 Å². The summed E-state index contributed by atoms with van der Waals surface area (Å²) in [7, 11) is 3.18. The molecule has 1 unspecified atom stereocenters. The van der Waals surface area contributed by atoms with E-state index in [1.54, 1.807) is 21.1 Å². The molecule has 0 spiro atoms. The Morgan fingerprint density at radius 2 is 2.12 bits per heavy atom. The van der Waals surface area contributed by atoms with Gasteiger partial charge in [0.25, 0.3) is 0 Å². The van der Waals surface area contributed by atoms with E-state index in [1.165, 1.54) is 0 Å². The zero-order valence-corrected chi connectivity index (χ0v) is 10.7. The van der Waals surface area contributed by atoms with Gasteiger partial charge in [-0.05, 0) is 6.42 Å². The molecule has 0 aromatic heterocycles. The van der Waals surface area contributed by atoms with Gasteiger partial charge >= 0.3 is 5.97 Å². The van der Waals surface area contributed by atoms with E-state index in [0.29, 0.717) is 19.7 Å². The van der Waals surface area contributed by atoms with Crippen LogP contribution in [0.1, 0.15) is 13.3 Å². The van der Waals surface area contributed by atoms with Gasteiger partial charge in [0.15, 0.2) is 0 Å². The molecule has 0 fully saturated rings. The third kappa shape index (κ3) is 7.70. The summed E-state index contributed by atoms with van der Waals surface area (Å²) in [4.78, 5) is 23.9. The van der Waals surface area contributed by atoms with Crippen LogP contribution in [-0.2, 0) is 14.3 Å². The second kappa shape index (κ2) is 8.95. The summed E-state index contributed by atoms with van der Waals surface area (Å²) >= 11 is 0. The van der Waals surface area contributed by atoms with E-state index in [-0.39, 0.29) is 12.5 Å². The number of nitrogens with zero attached hydrogens (tertiary/aromatic N) is 1. The Hall–Kier alpha value is -1.14. The van der Waals surface area contributed by atoms with Crippen molar-refractivity contribution in [2.45, 2.75) is 13.3 Å². The first-order valence-electron chi connectivity index (χ1n) is 5.66. The fraction of sp³-hybridized carbons (Fsp3) is 0.818. The van der Waals surface area contributed by atoms with Gasteiger partial charge in [-0.25, -0.2) is 0 Å². The minimum atomic E-state index is -0.848. The van der Waals surface area contributed by atoms with Gasteiger partial charge < -0.3 is 15.2 Å². The van der Waals surface area contributed by atoms with Gasteiger partial charge in [-0.15, -0.1) is 0 Å². The Balaban J connectivity index is 4.18. The average molecular weight is 246 g/mol. The molecule has 1 amide bonds. The number of nitrogens with one attached hydrogen (secondary N) is 1. The Morgan fingerprint density at radius 1 is 1.47 bits per heavy atom. The Bertz CT molecular complexity index is 246. The van der Waals surface area contributed by atoms with Crippen molar-refractivity contribution in [1.82, 2.24) is 10.2 Å². The lowest BCUT2D eigenvalue weighted by molar-refractivity contribution is -0.142. The second-order valence-corrected chi connectivity index (χ2v) is 3.99. The fourth-order valence-corrected chi connectivity index (χ4v) is 1.41. The lowest BCUT2D eigenvalue weighted by Crippen LogP contribution is -2.40. The number of ether oxygens (including phenoxy) is 1. The first kappa shape index (κ1) is 15.9. The number of carboxylic acid groups (broad SMARTS) is 1. The summed E-state index contributed by atoms with van der Waals surface area (Å²) < 4.78 is 4.93. The highest BCUT2D eigenvalue weighted by atomic mass is 16.5. The number of carbonyl (C=O) groups excluding carboxylic acids is 1. The molecule has 0 aliphatic rings. The molecule has 0 aromatic carbocycles. The third-order valence-corrected chi connectivity index (χ3v) is 2.42. The smallest absolute Gasteiger partial charge is 0.307 e. The van der Waals surface area contributed by atoms with Crippen molar-refractivity contribution in [1.29, 1.82) is 0 Å². The highest BCUT2D eigenvalue weighted by Crippen LogP contribution is 2.01. The molecule has 0 saturated heterocycles. The topological polar surface area (TPSA) is 78.9 Å². The van der Waals surface area contributed by atoms with E-state index in [0.717, 1.165) is 6.42 Å². The van der Waals surface area contributed by atoms with Crippen LogP contribution in [-0.4, -0.2) is 62.3 Å². The summed E-state index contributed by atoms with van der Waals surface area (Å²) in [5, 5.41) is 11.4. The quantitative estimate of drug-likeness (QED) is 0.550. The number of hydrogen-bond acceptors (Lipinski definition) is 4. The molecule has 0 saturated carbocycles. The van der Waals surface area contributed by atoms with E-state index < -0.39 is 11.9 Å². The number of amides is 1. The molecule has 1 atom stereocenters. The lowest BCUT2D eigenvalue weighted by Gasteiger charge is -2.23. The number of hydrogen-bond donors (Lipinski definition) is 2. The minimum Gasteiger partial charge on any atom is -0.481 e. The SMILES string of the molecule is CNC(=O)CN(CCCOC)CC(C)C(=O)O. The van der Waals surface area contributed by atoms with Crippen molar-refractivity contribution in [3.8, 4) is 0 Å². The molecule has 0 aliphatic heterocycles. The molecular formula is C11H22N2O4. The number of likely N-dealkylation sites (N-methyl/N-ethyl adjacent to an activating group) is 1. The van der Waals surface area contributed by atoms with Gasteiger partial charge in [0, 0.05) is 33.9 Å². The van der Waals surface area contributed by atoms with Gasteiger partial charge in [-0.2, -0.15) is 0 Å². The zero-order chi connectivity index (χ0) is 13.3. The number of rotatable bonds is 9. The molecule has 0 radical (unpaired) electrons. The largest absolute Gasteiger partial charge is 0.481 e. The number of aliphatic carboxylic acids is 1. The highest BCUT2D eigenvalue weighted by Gasteiger charge is 2.17. The van der Waals surface area contributed by atoms with Gasteiger partial charge in [0.2, 0.25) is 5.91 Å². The molecule has 6 heteroatoms. The molecule has 2 N–H and O–H groups in total. The van der Waals surface area contributed by atoms with Crippen molar-refractivity contribution in [2.24, 2.45) is 5.92 Å². The maximum atomic E-state index is 11.3. The predicted molar refractivity (Wildman–Crippen MR) is 63.8 cm³/mol. The number of carboxylic acids is 1. The summed E-state index contributed by atoms with van der Waals surface area (Å²) in [6.45, 7) is 3.48. The molecule has 0 aliphatic carbocycles. The monoisotopic (exact) mass is 246 g/mol. The van der Waals surface area contributed by atoms with Gasteiger partial charge in [0.1, 0.15) is 0 Å². The number of methoxy groups -OCH3 is 1. The first-order valence-corrected chi connectivity index (χ1v) is 5.66. The van der Waals surface area contributed by atoms with E-state index in [9.17, 15) is 9.59 Å². The predicted octanol–water partition coefficient (Wildman–Crippen LogP) is -0.208. The van der Waals surface area contributed by atoms with E-state index in [1.807, 2.05) is 4.90 Å². The minimum absolute atomic E-state index is 0.111. The highest BCUT2D eigenvalue weighted by molar-refractivity contribution is 5.77. The molecule has 0 heterocycles. The molecule has 100 valence electrons. The molecule has 0 rings (SSSR count). The molecule has 0 aromatic rings. The van der Waals surface area contributed by atoms with Gasteiger partial charge in [-0.3, -0.25) is 14.5 Å². The van der Waals surface area contributed by atoms with Gasteiger partial charge in [-0.1, -0.05) is 6.92 Å². The van der Waals surface area contributed by atoms with E-state index in [2.05, 4.69) is 5.32 Å². The zero-order valence-electron chi connectivity index (χ0n) is 10.7. The van der Waals surface area contributed by atoms with Crippen LogP contribution in [0.3, 0.4) is 0 Å². The Morgan fingerprint density at radius 3 is 2.59 bits per heavy atom.